The van der Waals surface area contributed by atoms with E-state index in [1.165, 1.54) is 5.56 Å². The van der Waals surface area contributed by atoms with Crippen LogP contribution in [0.25, 0.3) is 0 Å². The van der Waals surface area contributed by atoms with Crippen LogP contribution in [0.15, 0.2) is 36.5 Å². The van der Waals surface area contributed by atoms with E-state index in [0.29, 0.717) is 6.61 Å². The number of alkyl halides is 1. The fraction of sp³-hybridized carbons (Fsp3) is 0.267. The highest BCUT2D eigenvalue weighted by molar-refractivity contribution is 9.08. The highest BCUT2D eigenvalue weighted by Crippen LogP contribution is 2.26. The van der Waals surface area contributed by atoms with Gasteiger partial charge in [-0.1, -0.05) is 40.2 Å². The molecular formula is C15H16BrNO. The second-order valence-electron chi connectivity index (χ2n) is 4.25. The van der Waals surface area contributed by atoms with E-state index in [4.69, 9.17) is 4.74 Å². The van der Waals surface area contributed by atoms with Crippen molar-refractivity contribution in [3.63, 3.8) is 0 Å². The Bertz CT molecular complexity index is 540. The minimum Gasteiger partial charge on any atom is -0.487 e. The number of benzene rings is 1. The number of ether oxygens (including phenoxy) is 1. The second-order valence-corrected chi connectivity index (χ2v) is 4.81. The quantitative estimate of drug-likeness (QED) is 0.791. The Labute approximate surface area is 116 Å². The largest absolute Gasteiger partial charge is 0.487 e. The van der Waals surface area contributed by atoms with E-state index in [9.17, 15) is 0 Å². The molecule has 0 unspecified atom stereocenters. The summed E-state index contributed by atoms with van der Waals surface area (Å²) >= 11 is 3.49. The van der Waals surface area contributed by atoms with Crippen LogP contribution in [0.2, 0.25) is 0 Å². The normalized spacial score (nSPS) is 10.4. The zero-order valence-corrected chi connectivity index (χ0v) is 12.2. The highest BCUT2D eigenvalue weighted by Gasteiger charge is 2.07. The van der Waals surface area contributed by atoms with Crippen molar-refractivity contribution < 1.29 is 4.74 Å². The van der Waals surface area contributed by atoms with Crippen molar-refractivity contribution in [1.82, 2.24) is 4.98 Å². The first-order chi connectivity index (χ1) is 8.72. The van der Waals surface area contributed by atoms with Crippen LogP contribution in [0.5, 0.6) is 5.75 Å². The molecular weight excluding hydrogens is 290 g/mol. The number of rotatable bonds is 4. The summed E-state index contributed by atoms with van der Waals surface area (Å²) in [5, 5.41) is 0.797. The number of aryl methyl sites for hydroxylation is 2. The van der Waals surface area contributed by atoms with Gasteiger partial charge in [-0.3, -0.25) is 4.98 Å². The molecule has 0 bridgehead atoms. The molecule has 2 aromatic rings. The van der Waals surface area contributed by atoms with Gasteiger partial charge in [-0.2, -0.15) is 0 Å². The molecule has 0 amide bonds. The van der Waals surface area contributed by atoms with Gasteiger partial charge in [0.2, 0.25) is 0 Å². The van der Waals surface area contributed by atoms with Crippen LogP contribution >= 0.6 is 15.9 Å². The number of nitrogens with zero attached hydrogens (tertiary/aromatic N) is 1. The molecule has 0 spiro atoms. The molecule has 0 saturated carbocycles. The molecule has 2 rings (SSSR count). The van der Waals surface area contributed by atoms with Gasteiger partial charge in [0.25, 0.3) is 0 Å². The van der Waals surface area contributed by atoms with Crippen molar-refractivity contribution in [1.29, 1.82) is 0 Å². The number of halogens is 1. The van der Waals surface area contributed by atoms with Crippen LogP contribution in [0.4, 0.5) is 0 Å². The summed E-state index contributed by atoms with van der Waals surface area (Å²) in [5.74, 6) is 0.958. The third-order valence-corrected chi connectivity index (χ3v) is 3.51. The van der Waals surface area contributed by atoms with Crippen LogP contribution in [-0.2, 0) is 11.9 Å². The maximum absolute atomic E-state index is 5.93. The molecule has 0 fully saturated rings. The zero-order valence-electron chi connectivity index (χ0n) is 10.6. The van der Waals surface area contributed by atoms with Gasteiger partial charge < -0.3 is 4.74 Å². The maximum atomic E-state index is 5.93. The first-order valence-corrected chi connectivity index (χ1v) is 7.02. The molecule has 0 saturated heterocycles. The lowest BCUT2D eigenvalue weighted by molar-refractivity contribution is 0.296. The first-order valence-electron chi connectivity index (χ1n) is 5.90. The summed E-state index contributed by atoms with van der Waals surface area (Å²) in [4.78, 5) is 4.34. The molecule has 1 aromatic carbocycles. The van der Waals surface area contributed by atoms with Crippen LogP contribution in [-0.4, -0.2) is 4.98 Å². The zero-order chi connectivity index (χ0) is 13.0. The van der Waals surface area contributed by atoms with E-state index in [1.807, 2.05) is 12.1 Å². The van der Waals surface area contributed by atoms with Crippen LogP contribution in [0.3, 0.4) is 0 Å². The van der Waals surface area contributed by atoms with Gasteiger partial charge >= 0.3 is 0 Å². The summed E-state index contributed by atoms with van der Waals surface area (Å²) in [6.45, 7) is 4.62. The van der Waals surface area contributed by atoms with Gasteiger partial charge in [0, 0.05) is 17.1 Å². The first kappa shape index (κ1) is 13.1. The van der Waals surface area contributed by atoms with Gasteiger partial charge in [0.05, 0.1) is 5.69 Å². The summed E-state index contributed by atoms with van der Waals surface area (Å²) in [6.07, 6.45) is 1.80. The summed E-state index contributed by atoms with van der Waals surface area (Å²) in [5.41, 5.74) is 4.47. The molecule has 3 heteroatoms. The highest BCUT2D eigenvalue weighted by atomic mass is 79.9. The predicted molar refractivity (Wildman–Crippen MR) is 77.1 cm³/mol. The number of pyridine rings is 1. The van der Waals surface area contributed by atoms with Gasteiger partial charge in [0.15, 0.2) is 0 Å². The van der Waals surface area contributed by atoms with E-state index in [-0.39, 0.29) is 0 Å². The van der Waals surface area contributed by atoms with E-state index < -0.39 is 0 Å². The Morgan fingerprint density at radius 2 is 1.89 bits per heavy atom. The maximum Gasteiger partial charge on any atom is 0.130 e. The Morgan fingerprint density at radius 3 is 2.61 bits per heavy atom. The van der Waals surface area contributed by atoms with E-state index >= 15 is 0 Å². The summed E-state index contributed by atoms with van der Waals surface area (Å²) in [7, 11) is 0. The molecule has 1 aromatic heterocycles. The number of hydrogen-bond acceptors (Lipinski definition) is 2. The lowest BCUT2D eigenvalue weighted by Crippen LogP contribution is -2.03. The topological polar surface area (TPSA) is 22.1 Å². The molecule has 18 heavy (non-hydrogen) atoms. The fourth-order valence-electron chi connectivity index (χ4n) is 1.84. The van der Waals surface area contributed by atoms with Crippen molar-refractivity contribution in [2.45, 2.75) is 25.8 Å². The molecule has 0 aliphatic heterocycles. The molecule has 1 heterocycles. The predicted octanol–water partition coefficient (Wildman–Crippen LogP) is 4.17. The molecule has 2 nitrogen and oxygen atoms in total. The number of hydrogen-bond donors (Lipinski definition) is 0. The molecule has 0 atom stereocenters. The Balaban J connectivity index is 2.18. The summed E-state index contributed by atoms with van der Waals surface area (Å²) < 4.78 is 5.93. The van der Waals surface area contributed by atoms with E-state index in [0.717, 1.165) is 27.9 Å². The van der Waals surface area contributed by atoms with Crippen molar-refractivity contribution in [2.75, 3.05) is 0 Å². The number of para-hydroxylation sites is 1. The van der Waals surface area contributed by atoms with E-state index in [1.54, 1.807) is 6.20 Å². The Morgan fingerprint density at radius 1 is 1.11 bits per heavy atom. The van der Waals surface area contributed by atoms with Crippen LogP contribution in [0, 0.1) is 13.8 Å². The average molecular weight is 306 g/mol. The third kappa shape index (κ3) is 2.91. The molecule has 0 radical (unpaired) electrons. The van der Waals surface area contributed by atoms with Gasteiger partial charge in [-0.05, 0) is 31.0 Å². The van der Waals surface area contributed by atoms with E-state index in [2.05, 4.69) is 53.0 Å². The SMILES string of the molecule is Cc1cccnc1COc1c(C)cccc1CBr. The van der Waals surface area contributed by atoms with Crippen LogP contribution in [0.1, 0.15) is 22.4 Å². The minimum absolute atomic E-state index is 0.511. The lowest BCUT2D eigenvalue weighted by atomic mass is 10.1. The van der Waals surface area contributed by atoms with Crippen molar-refractivity contribution in [3.8, 4) is 5.75 Å². The van der Waals surface area contributed by atoms with Crippen molar-refractivity contribution >= 4 is 15.9 Å². The standard InChI is InChI=1S/C15H16BrNO/c1-11-6-4-8-17-14(11)10-18-15-12(2)5-3-7-13(15)9-16/h3-8H,9-10H2,1-2H3. The van der Waals surface area contributed by atoms with Crippen molar-refractivity contribution in [2.24, 2.45) is 0 Å². The third-order valence-electron chi connectivity index (χ3n) is 2.91. The fourth-order valence-corrected chi connectivity index (χ4v) is 2.28. The lowest BCUT2D eigenvalue weighted by Gasteiger charge is -2.13. The average Bonchev–Trinajstić information content (AvgIpc) is 2.39. The van der Waals surface area contributed by atoms with Crippen LogP contribution < -0.4 is 4.74 Å². The smallest absolute Gasteiger partial charge is 0.130 e. The molecule has 0 N–H and O–H groups in total. The summed E-state index contributed by atoms with van der Waals surface area (Å²) in [6, 6.07) is 10.2. The molecule has 94 valence electrons. The second kappa shape index (κ2) is 6.01. The van der Waals surface area contributed by atoms with Crippen molar-refractivity contribution in [3.05, 3.63) is 58.9 Å². The Kier molecular flexibility index (Phi) is 4.37. The van der Waals surface area contributed by atoms with Gasteiger partial charge in [-0.25, -0.2) is 0 Å². The number of aromatic nitrogens is 1. The minimum atomic E-state index is 0.511. The molecule has 0 aliphatic rings. The monoisotopic (exact) mass is 305 g/mol. The molecule has 0 aliphatic carbocycles. The Hall–Kier alpha value is -1.35. The van der Waals surface area contributed by atoms with Gasteiger partial charge in [0.1, 0.15) is 12.4 Å². The van der Waals surface area contributed by atoms with Gasteiger partial charge in [-0.15, -0.1) is 0 Å².